The van der Waals surface area contributed by atoms with E-state index in [-0.39, 0.29) is 22.8 Å². The van der Waals surface area contributed by atoms with Gasteiger partial charge in [0.05, 0.1) is 11.3 Å². The zero-order valence-corrected chi connectivity index (χ0v) is 11.9. The van der Waals surface area contributed by atoms with Crippen molar-refractivity contribution in [1.29, 1.82) is 0 Å². The number of benzene rings is 1. The molecule has 1 rings (SSSR count). The number of anilines is 1. The van der Waals surface area contributed by atoms with E-state index in [2.05, 4.69) is 16.0 Å². The van der Waals surface area contributed by atoms with E-state index in [4.69, 9.17) is 12.2 Å². The van der Waals surface area contributed by atoms with Gasteiger partial charge in [-0.3, -0.25) is 9.59 Å². The number of hydrogen-bond donors (Lipinski definition) is 3. The van der Waals surface area contributed by atoms with Crippen LogP contribution in [0.5, 0.6) is 0 Å². The molecule has 0 atom stereocenters. The quantitative estimate of drug-likeness (QED) is 0.734. The Hall–Kier alpha value is -1.95. The first-order valence-electron chi connectivity index (χ1n) is 5.88. The lowest BCUT2D eigenvalue weighted by molar-refractivity contribution is -0.122. The van der Waals surface area contributed by atoms with Gasteiger partial charge in [-0.05, 0) is 24.4 Å². The molecule has 0 aliphatic carbocycles. The number of nitrogens with one attached hydrogen (secondary N) is 3. The largest absolute Gasteiger partial charge is 0.355 e. The number of carbonyl (C=O) groups excluding carboxylic acids is 2. The third-order valence-corrected chi connectivity index (χ3v) is 2.61. The predicted molar refractivity (Wildman–Crippen MR) is 79.0 cm³/mol. The van der Waals surface area contributed by atoms with Gasteiger partial charge in [0.25, 0.3) is 5.91 Å². The van der Waals surface area contributed by atoms with Crippen molar-refractivity contribution >= 4 is 34.8 Å². The fourth-order valence-electron chi connectivity index (χ4n) is 1.33. The standard InChI is InChI=1S/C13H17N3O2S/c1-8(2)11(17)16-13(19)15-10-7-5-4-6-9(10)12(18)14-3/h4-8H,1-3H3,(H,14,18)(H2,15,16,17,19). The molecule has 0 spiro atoms. The lowest BCUT2D eigenvalue weighted by atomic mass is 10.1. The molecule has 102 valence electrons. The van der Waals surface area contributed by atoms with Crippen molar-refractivity contribution < 1.29 is 9.59 Å². The normalized spacial score (nSPS) is 9.89. The zero-order valence-electron chi connectivity index (χ0n) is 11.1. The van der Waals surface area contributed by atoms with Crippen LogP contribution in [0.4, 0.5) is 5.69 Å². The van der Waals surface area contributed by atoms with Gasteiger partial charge >= 0.3 is 0 Å². The van der Waals surface area contributed by atoms with E-state index < -0.39 is 0 Å². The maximum absolute atomic E-state index is 11.7. The van der Waals surface area contributed by atoms with E-state index in [1.807, 2.05) is 0 Å². The van der Waals surface area contributed by atoms with Crippen molar-refractivity contribution in [3.05, 3.63) is 29.8 Å². The van der Waals surface area contributed by atoms with Crippen LogP contribution in [-0.2, 0) is 4.79 Å². The molecule has 3 N–H and O–H groups in total. The van der Waals surface area contributed by atoms with Gasteiger partial charge in [-0.25, -0.2) is 0 Å². The molecule has 0 aromatic heterocycles. The summed E-state index contributed by atoms with van der Waals surface area (Å²) in [6.45, 7) is 3.55. The molecule has 0 saturated carbocycles. The van der Waals surface area contributed by atoms with Gasteiger partial charge in [-0.2, -0.15) is 0 Å². The van der Waals surface area contributed by atoms with Crippen molar-refractivity contribution in [3.63, 3.8) is 0 Å². The number of thiocarbonyl (C=S) groups is 1. The maximum Gasteiger partial charge on any atom is 0.253 e. The second-order valence-corrected chi connectivity index (χ2v) is 4.63. The Labute approximate surface area is 117 Å². The topological polar surface area (TPSA) is 70.2 Å². The summed E-state index contributed by atoms with van der Waals surface area (Å²) >= 11 is 5.04. The second kappa shape index (κ2) is 6.84. The summed E-state index contributed by atoms with van der Waals surface area (Å²) < 4.78 is 0. The maximum atomic E-state index is 11.7. The van der Waals surface area contributed by atoms with E-state index in [9.17, 15) is 9.59 Å². The Morgan fingerprint density at radius 1 is 1.21 bits per heavy atom. The van der Waals surface area contributed by atoms with Crippen LogP contribution in [0.15, 0.2) is 24.3 Å². The molecular formula is C13H17N3O2S. The Morgan fingerprint density at radius 2 is 1.84 bits per heavy atom. The van der Waals surface area contributed by atoms with Crippen LogP contribution in [0, 0.1) is 5.92 Å². The molecule has 0 fully saturated rings. The average molecular weight is 279 g/mol. The molecule has 0 bridgehead atoms. The zero-order chi connectivity index (χ0) is 14.4. The summed E-state index contributed by atoms with van der Waals surface area (Å²) in [7, 11) is 1.55. The van der Waals surface area contributed by atoms with Gasteiger partial charge in [0, 0.05) is 13.0 Å². The number of hydrogen-bond acceptors (Lipinski definition) is 3. The molecule has 1 aromatic rings. The molecule has 19 heavy (non-hydrogen) atoms. The summed E-state index contributed by atoms with van der Waals surface area (Å²) in [6, 6.07) is 6.93. The fraction of sp³-hybridized carbons (Fsp3) is 0.308. The summed E-state index contributed by atoms with van der Waals surface area (Å²) in [4.78, 5) is 23.2. The highest BCUT2D eigenvalue weighted by Crippen LogP contribution is 2.14. The van der Waals surface area contributed by atoms with Crippen LogP contribution >= 0.6 is 12.2 Å². The van der Waals surface area contributed by atoms with Crippen molar-refractivity contribution in [2.45, 2.75) is 13.8 Å². The summed E-state index contributed by atoms with van der Waals surface area (Å²) in [6.07, 6.45) is 0. The Morgan fingerprint density at radius 3 is 2.42 bits per heavy atom. The minimum atomic E-state index is -0.221. The van der Waals surface area contributed by atoms with Crippen LogP contribution in [0.1, 0.15) is 24.2 Å². The number of amides is 2. The number of para-hydroxylation sites is 1. The molecule has 0 radical (unpaired) electrons. The van der Waals surface area contributed by atoms with Crippen molar-refractivity contribution in [3.8, 4) is 0 Å². The molecule has 6 heteroatoms. The van der Waals surface area contributed by atoms with E-state index in [1.165, 1.54) is 0 Å². The molecule has 0 heterocycles. The predicted octanol–water partition coefficient (Wildman–Crippen LogP) is 1.52. The van der Waals surface area contributed by atoms with E-state index in [0.717, 1.165) is 0 Å². The van der Waals surface area contributed by atoms with Gasteiger partial charge in [0.2, 0.25) is 5.91 Å². The van der Waals surface area contributed by atoms with E-state index in [1.54, 1.807) is 45.2 Å². The monoisotopic (exact) mass is 279 g/mol. The summed E-state index contributed by atoms with van der Waals surface area (Å²) in [5.74, 6) is -0.551. The third kappa shape index (κ3) is 4.33. The van der Waals surface area contributed by atoms with Crippen molar-refractivity contribution in [1.82, 2.24) is 10.6 Å². The highest BCUT2D eigenvalue weighted by molar-refractivity contribution is 7.80. The lowest BCUT2D eigenvalue weighted by Gasteiger charge is -2.13. The smallest absolute Gasteiger partial charge is 0.253 e. The van der Waals surface area contributed by atoms with Crippen LogP contribution < -0.4 is 16.0 Å². The van der Waals surface area contributed by atoms with E-state index in [0.29, 0.717) is 11.3 Å². The summed E-state index contributed by atoms with van der Waals surface area (Å²) in [5.41, 5.74) is 1.02. The highest BCUT2D eigenvalue weighted by atomic mass is 32.1. The Kier molecular flexibility index (Phi) is 5.44. The van der Waals surface area contributed by atoms with Gasteiger partial charge in [0.1, 0.15) is 0 Å². The van der Waals surface area contributed by atoms with E-state index >= 15 is 0 Å². The van der Waals surface area contributed by atoms with Crippen molar-refractivity contribution in [2.75, 3.05) is 12.4 Å². The Bertz CT molecular complexity index is 500. The Balaban J connectivity index is 2.80. The van der Waals surface area contributed by atoms with Gasteiger partial charge in [-0.15, -0.1) is 0 Å². The van der Waals surface area contributed by atoms with Gasteiger partial charge in [-0.1, -0.05) is 26.0 Å². The molecular weight excluding hydrogens is 262 g/mol. The lowest BCUT2D eigenvalue weighted by Crippen LogP contribution is -2.37. The highest BCUT2D eigenvalue weighted by Gasteiger charge is 2.12. The van der Waals surface area contributed by atoms with Crippen LogP contribution in [-0.4, -0.2) is 24.0 Å². The molecule has 1 aromatic carbocycles. The molecule has 0 aliphatic rings. The molecule has 0 unspecified atom stereocenters. The molecule has 5 nitrogen and oxygen atoms in total. The van der Waals surface area contributed by atoms with Crippen molar-refractivity contribution in [2.24, 2.45) is 5.92 Å². The van der Waals surface area contributed by atoms with Gasteiger partial charge in [0.15, 0.2) is 5.11 Å². The first-order valence-corrected chi connectivity index (χ1v) is 6.29. The molecule has 2 amide bonds. The van der Waals surface area contributed by atoms with Crippen LogP contribution in [0.25, 0.3) is 0 Å². The number of carbonyl (C=O) groups is 2. The van der Waals surface area contributed by atoms with Gasteiger partial charge < -0.3 is 16.0 Å². The first kappa shape index (κ1) is 15.1. The SMILES string of the molecule is CNC(=O)c1ccccc1NC(=S)NC(=O)C(C)C. The summed E-state index contributed by atoms with van der Waals surface area (Å²) in [5, 5.41) is 8.13. The molecule has 0 saturated heterocycles. The first-order chi connectivity index (χ1) is 8.95. The molecule has 0 aliphatic heterocycles. The fourth-order valence-corrected chi connectivity index (χ4v) is 1.55. The minimum Gasteiger partial charge on any atom is -0.355 e. The average Bonchev–Trinajstić information content (AvgIpc) is 2.38. The van der Waals surface area contributed by atoms with Crippen LogP contribution in [0.3, 0.4) is 0 Å². The minimum absolute atomic E-state index is 0.158. The van der Waals surface area contributed by atoms with Crippen LogP contribution in [0.2, 0.25) is 0 Å². The number of rotatable bonds is 3. The second-order valence-electron chi connectivity index (χ2n) is 4.22. The third-order valence-electron chi connectivity index (χ3n) is 2.41.